The summed E-state index contributed by atoms with van der Waals surface area (Å²) >= 11 is 0. The molecule has 0 unspecified atom stereocenters. The maximum atomic E-state index is 13.1. The minimum absolute atomic E-state index is 0.276. The molecule has 11 heteroatoms. The second-order valence-corrected chi connectivity index (χ2v) is 6.44. The highest BCUT2D eigenvalue weighted by Crippen LogP contribution is 2.22. The molecule has 1 amide bonds. The van der Waals surface area contributed by atoms with Gasteiger partial charge in [0.15, 0.2) is 11.5 Å². The van der Waals surface area contributed by atoms with Crippen molar-refractivity contribution >= 4 is 17.4 Å². The molecule has 0 aliphatic rings. The molecule has 5 aromatic rings. The Kier molecular flexibility index (Phi) is 4.52. The van der Waals surface area contributed by atoms with Crippen LogP contribution in [0.25, 0.3) is 28.5 Å². The third kappa shape index (κ3) is 3.79. The van der Waals surface area contributed by atoms with Gasteiger partial charge in [-0.15, -0.1) is 15.3 Å². The molecule has 3 heterocycles. The first-order valence-electron chi connectivity index (χ1n) is 9.09. The number of rotatable bonds is 5. The van der Waals surface area contributed by atoms with E-state index in [4.69, 9.17) is 4.52 Å². The Labute approximate surface area is 173 Å². The largest absolute Gasteiger partial charge is 0.334 e. The summed E-state index contributed by atoms with van der Waals surface area (Å²) in [5, 5.41) is 15.8. The maximum Gasteiger partial charge on any atom is 0.269 e. The van der Waals surface area contributed by atoms with Crippen LogP contribution >= 0.6 is 0 Å². The molecule has 5 rings (SSSR count). The fourth-order valence-corrected chi connectivity index (χ4v) is 2.81. The highest BCUT2D eigenvalue weighted by atomic mass is 19.1. The molecule has 0 aliphatic heterocycles. The van der Waals surface area contributed by atoms with Crippen LogP contribution in [0, 0.1) is 5.82 Å². The quantitative estimate of drug-likeness (QED) is 0.419. The van der Waals surface area contributed by atoms with Gasteiger partial charge in [-0.1, -0.05) is 17.3 Å². The van der Waals surface area contributed by atoms with Crippen LogP contribution < -0.4 is 10.9 Å². The van der Waals surface area contributed by atoms with E-state index in [1.807, 2.05) is 0 Å². The number of nitrogens with one attached hydrogen (secondary N) is 2. The van der Waals surface area contributed by atoms with Crippen molar-refractivity contribution in [2.24, 2.45) is 0 Å². The van der Waals surface area contributed by atoms with E-state index in [1.165, 1.54) is 23.0 Å². The SMILES string of the molecule is O=C(NNc1ccc2nncn2n1)c1ccc(-c2noc(-c3ccc(F)cc3)n2)cc1. The second kappa shape index (κ2) is 7.63. The van der Waals surface area contributed by atoms with Crippen molar-refractivity contribution in [1.29, 1.82) is 0 Å². The average Bonchev–Trinajstić information content (AvgIpc) is 3.47. The van der Waals surface area contributed by atoms with Crippen LogP contribution in [-0.4, -0.2) is 35.9 Å². The van der Waals surface area contributed by atoms with Gasteiger partial charge < -0.3 is 4.52 Å². The van der Waals surface area contributed by atoms with Crippen molar-refractivity contribution in [2.45, 2.75) is 0 Å². The predicted octanol–water partition coefficient (Wildman–Crippen LogP) is 2.74. The zero-order valence-electron chi connectivity index (χ0n) is 15.7. The van der Waals surface area contributed by atoms with Crippen LogP contribution in [0.3, 0.4) is 0 Å². The third-order valence-electron chi connectivity index (χ3n) is 4.39. The van der Waals surface area contributed by atoms with Gasteiger partial charge in [-0.25, -0.2) is 4.39 Å². The zero-order valence-corrected chi connectivity index (χ0v) is 15.7. The number of carbonyl (C=O) groups excluding carboxylic acids is 1. The summed E-state index contributed by atoms with van der Waals surface area (Å²) in [4.78, 5) is 16.7. The van der Waals surface area contributed by atoms with Gasteiger partial charge in [0.2, 0.25) is 5.82 Å². The van der Waals surface area contributed by atoms with Crippen molar-refractivity contribution in [3.63, 3.8) is 0 Å². The van der Waals surface area contributed by atoms with Gasteiger partial charge >= 0.3 is 0 Å². The van der Waals surface area contributed by atoms with E-state index in [0.717, 1.165) is 0 Å². The zero-order chi connectivity index (χ0) is 21.2. The molecule has 10 nitrogen and oxygen atoms in total. The summed E-state index contributed by atoms with van der Waals surface area (Å²) in [7, 11) is 0. The smallest absolute Gasteiger partial charge is 0.269 e. The molecule has 2 aromatic carbocycles. The molecule has 31 heavy (non-hydrogen) atoms. The highest BCUT2D eigenvalue weighted by Gasteiger charge is 2.12. The van der Waals surface area contributed by atoms with Gasteiger partial charge in [0.25, 0.3) is 11.8 Å². The molecule has 152 valence electrons. The van der Waals surface area contributed by atoms with Crippen molar-refractivity contribution < 1.29 is 13.7 Å². The van der Waals surface area contributed by atoms with Crippen molar-refractivity contribution in [2.75, 3.05) is 5.43 Å². The topological polar surface area (TPSA) is 123 Å². The second-order valence-electron chi connectivity index (χ2n) is 6.44. The van der Waals surface area contributed by atoms with Crippen LogP contribution in [0.1, 0.15) is 10.4 Å². The standard InChI is InChI=1S/C20H13FN8O2/c21-15-7-5-14(6-8-15)20-23-18(28-31-20)12-1-3-13(4-2-12)19(30)26-24-16-9-10-17-25-22-11-29(17)27-16/h1-11H,(H,24,27)(H,26,30). The summed E-state index contributed by atoms with van der Waals surface area (Å²) in [6.45, 7) is 0. The van der Waals surface area contributed by atoms with E-state index < -0.39 is 0 Å². The number of halogens is 1. The number of anilines is 1. The van der Waals surface area contributed by atoms with Crippen LogP contribution in [0.2, 0.25) is 0 Å². The molecule has 0 saturated carbocycles. The molecular formula is C20H13FN8O2. The first-order chi connectivity index (χ1) is 15.2. The maximum absolute atomic E-state index is 13.1. The number of hydrogen-bond acceptors (Lipinski definition) is 8. The number of amides is 1. The lowest BCUT2D eigenvalue weighted by atomic mass is 10.1. The van der Waals surface area contributed by atoms with Gasteiger partial charge in [-0.05, 0) is 48.5 Å². The van der Waals surface area contributed by atoms with Gasteiger partial charge in [-0.2, -0.15) is 9.50 Å². The van der Waals surface area contributed by atoms with E-state index in [0.29, 0.717) is 34.0 Å². The van der Waals surface area contributed by atoms with Crippen LogP contribution in [0.4, 0.5) is 10.2 Å². The lowest BCUT2D eigenvalue weighted by molar-refractivity contribution is 0.0962. The normalized spacial score (nSPS) is 10.9. The van der Waals surface area contributed by atoms with Gasteiger partial charge in [0.1, 0.15) is 12.1 Å². The molecule has 0 atom stereocenters. The summed E-state index contributed by atoms with van der Waals surface area (Å²) in [6.07, 6.45) is 1.46. The fourth-order valence-electron chi connectivity index (χ4n) is 2.81. The first-order valence-corrected chi connectivity index (χ1v) is 9.09. The third-order valence-corrected chi connectivity index (χ3v) is 4.39. The molecule has 0 radical (unpaired) electrons. The Morgan fingerprint density at radius 1 is 0.968 bits per heavy atom. The summed E-state index contributed by atoms with van der Waals surface area (Å²) < 4.78 is 19.8. The number of benzene rings is 2. The molecule has 0 bridgehead atoms. The Balaban J connectivity index is 1.26. The van der Waals surface area contributed by atoms with Crippen molar-refractivity contribution in [3.05, 3.63) is 78.4 Å². The summed E-state index contributed by atoms with van der Waals surface area (Å²) in [6, 6.07) is 15.8. The van der Waals surface area contributed by atoms with E-state index in [2.05, 4.69) is 36.3 Å². The minimum Gasteiger partial charge on any atom is -0.334 e. The molecule has 3 aromatic heterocycles. The lowest BCUT2D eigenvalue weighted by Crippen LogP contribution is -2.30. The summed E-state index contributed by atoms with van der Waals surface area (Å²) in [5.41, 5.74) is 7.61. The summed E-state index contributed by atoms with van der Waals surface area (Å²) in [5.74, 6) is 0.367. The number of hydrazine groups is 1. The van der Waals surface area contributed by atoms with E-state index in [9.17, 15) is 9.18 Å². The number of fused-ring (bicyclic) bond motifs is 1. The molecule has 0 aliphatic carbocycles. The van der Waals surface area contributed by atoms with E-state index in [1.54, 1.807) is 48.5 Å². The average molecular weight is 416 g/mol. The molecule has 0 saturated heterocycles. The molecule has 0 fully saturated rings. The fraction of sp³-hybridized carbons (Fsp3) is 0. The Morgan fingerprint density at radius 3 is 2.55 bits per heavy atom. The van der Waals surface area contributed by atoms with E-state index >= 15 is 0 Å². The van der Waals surface area contributed by atoms with Crippen LogP contribution in [-0.2, 0) is 0 Å². The van der Waals surface area contributed by atoms with Gasteiger partial charge in [0.05, 0.1) is 0 Å². The van der Waals surface area contributed by atoms with Crippen LogP contribution in [0.5, 0.6) is 0 Å². The number of carbonyl (C=O) groups is 1. The minimum atomic E-state index is -0.350. The lowest BCUT2D eigenvalue weighted by Gasteiger charge is -2.08. The molecule has 2 N–H and O–H groups in total. The first kappa shape index (κ1) is 18.4. The van der Waals surface area contributed by atoms with Gasteiger partial charge in [0, 0.05) is 16.7 Å². The monoisotopic (exact) mass is 416 g/mol. The number of aromatic nitrogens is 6. The van der Waals surface area contributed by atoms with Crippen molar-refractivity contribution in [3.8, 4) is 22.8 Å². The number of nitrogens with zero attached hydrogens (tertiary/aromatic N) is 6. The van der Waals surface area contributed by atoms with Crippen LogP contribution in [0.15, 0.2) is 71.5 Å². The Hall–Kier alpha value is -4.67. The molecule has 0 spiro atoms. The Bertz CT molecular complexity index is 1360. The number of hydrogen-bond donors (Lipinski definition) is 2. The van der Waals surface area contributed by atoms with Gasteiger partial charge in [-0.3, -0.25) is 15.6 Å². The Morgan fingerprint density at radius 2 is 1.74 bits per heavy atom. The molecular weight excluding hydrogens is 403 g/mol. The predicted molar refractivity (Wildman–Crippen MR) is 107 cm³/mol. The highest BCUT2D eigenvalue weighted by molar-refractivity contribution is 5.95. The van der Waals surface area contributed by atoms with Crippen molar-refractivity contribution in [1.82, 2.24) is 35.4 Å². The van der Waals surface area contributed by atoms with E-state index in [-0.39, 0.29) is 17.6 Å².